The van der Waals surface area contributed by atoms with E-state index in [2.05, 4.69) is 25.7 Å². The van der Waals surface area contributed by atoms with Gasteiger partial charge < -0.3 is 10.1 Å². The third-order valence-electron chi connectivity index (χ3n) is 3.99. The zero-order valence-corrected chi connectivity index (χ0v) is 15.1. The second kappa shape index (κ2) is 7.70. The number of carbonyl (C=O) groups is 1. The summed E-state index contributed by atoms with van der Waals surface area (Å²) in [6, 6.07) is 14.8. The van der Waals surface area contributed by atoms with Gasteiger partial charge in [-0.25, -0.2) is 4.68 Å². The van der Waals surface area contributed by atoms with Crippen molar-refractivity contribution in [2.24, 2.45) is 0 Å². The normalized spacial score (nSPS) is 10.6. The first-order chi connectivity index (χ1) is 13.7. The maximum atomic E-state index is 12.4. The lowest BCUT2D eigenvalue weighted by atomic mass is 10.2. The molecule has 0 aliphatic rings. The number of nitrogens with zero attached hydrogens (tertiary/aromatic N) is 6. The van der Waals surface area contributed by atoms with E-state index in [4.69, 9.17) is 4.74 Å². The largest absolute Gasteiger partial charge is 0.480 e. The van der Waals surface area contributed by atoms with Crippen molar-refractivity contribution >= 4 is 11.7 Å². The van der Waals surface area contributed by atoms with Crippen molar-refractivity contribution in [2.45, 2.75) is 6.54 Å². The highest BCUT2D eigenvalue weighted by molar-refractivity contribution is 5.90. The topological polar surface area (TPSA) is 99.8 Å². The monoisotopic (exact) mass is 375 g/mol. The maximum Gasteiger partial charge on any atom is 0.247 e. The summed E-state index contributed by atoms with van der Waals surface area (Å²) in [5.41, 5.74) is 2.27. The lowest BCUT2D eigenvalue weighted by Gasteiger charge is -2.09. The third-order valence-corrected chi connectivity index (χ3v) is 3.99. The summed E-state index contributed by atoms with van der Waals surface area (Å²) in [6.07, 6.45) is 5.01. The van der Waals surface area contributed by atoms with Gasteiger partial charge in [0.1, 0.15) is 12.4 Å². The Bertz CT molecular complexity index is 1070. The summed E-state index contributed by atoms with van der Waals surface area (Å²) in [6.45, 7) is 0.0591. The Balaban J connectivity index is 1.44. The number of aromatic nitrogens is 6. The van der Waals surface area contributed by atoms with Crippen LogP contribution < -0.4 is 10.1 Å². The van der Waals surface area contributed by atoms with Gasteiger partial charge in [0.05, 0.1) is 30.9 Å². The number of hydrogen-bond donors (Lipinski definition) is 1. The van der Waals surface area contributed by atoms with Gasteiger partial charge in [-0.2, -0.15) is 10.2 Å². The van der Waals surface area contributed by atoms with Crippen LogP contribution in [-0.2, 0) is 11.3 Å². The zero-order valence-electron chi connectivity index (χ0n) is 15.1. The minimum atomic E-state index is -0.215. The number of rotatable bonds is 6. The number of benzene rings is 1. The number of amides is 1. The molecule has 9 nitrogen and oxygen atoms in total. The van der Waals surface area contributed by atoms with E-state index in [0.717, 1.165) is 11.3 Å². The van der Waals surface area contributed by atoms with Gasteiger partial charge in [0.2, 0.25) is 11.8 Å². The number of ether oxygens (including phenoxy) is 1. The van der Waals surface area contributed by atoms with Crippen molar-refractivity contribution in [2.75, 3.05) is 12.4 Å². The van der Waals surface area contributed by atoms with Crippen molar-refractivity contribution in [3.8, 4) is 22.8 Å². The first kappa shape index (κ1) is 17.4. The first-order valence-corrected chi connectivity index (χ1v) is 8.53. The number of para-hydroxylation sites is 1. The third kappa shape index (κ3) is 3.73. The van der Waals surface area contributed by atoms with Crippen LogP contribution in [0.25, 0.3) is 16.9 Å². The Morgan fingerprint density at radius 3 is 2.68 bits per heavy atom. The quantitative estimate of drug-likeness (QED) is 0.554. The van der Waals surface area contributed by atoms with E-state index in [-0.39, 0.29) is 12.5 Å². The molecule has 0 spiro atoms. The van der Waals surface area contributed by atoms with Crippen LogP contribution in [0.1, 0.15) is 0 Å². The number of anilines is 1. The van der Waals surface area contributed by atoms with Gasteiger partial charge in [-0.1, -0.05) is 18.2 Å². The molecule has 4 rings (SSSR count). The molecule has 1 amide bonds. The molecule has 0 atom stereocenters. The molecular weight excluding hydrogens is 358 g/mol. The lowest BCUT2D eigenvalue weighted by Crippen LogP contribution is -2.20. The van der Waals surface area contributed by atoms with Crippen LogP contribution >= 0.6 is 0 Å². The van der Waals surface area contributed by atoms with Gasteiger partial charge >= 0.3 is 0 Å². The van der Waals surface area contributed by atoms with Gasteiger partial charge in [0.25, 0.3) is 0 Å². The highest BCUT2D eigenvalue weighted by Crippen LogP contribution is 2.17. The summed E-state index contributed by atoms with van der Waals surface area (Å²) in [5.74, 6) is 0.809. The second-order valence-electron chi connectivity index (χ2n) is 5.90. The van der Waals surface area contributed by atoms with Gasteiger partial charge in [0, 0.05) is 23.9 Å². The molecule has 0 bridgehead atoms. The number of methoxy groups -OCH3 is 1. The van der Waals surface area contributed by atoms with Crippen molar-refractivity contribution in [3.63, 3.8) is 0 Å². The van der Waals surface area contributed by atoms with Crippen LogP contribution in [-0.4, -0.2) is 42.8 Å². The molecule has 3 aromatic heterocycles. The van der Waals surface area contributed by atoms with Gasteiger partial charge in [-0.05, 0) is 18.2 Å². The summed E-state index contributed by atoms with van der Waals surface area (Å²) in [7, 11) is 1.53. The average molecular weight is 375 g/mol. The fraction of sp³-hybridized carbons (Fsp3) is 0.105. The Morgan fingerprint density at radius 2 is 1.93 bits per heavy atom. The molecule has 140 valence electrons. The van der Waals surface area contributed by atoms with Gasteiger partial charge in [0.15, 0.2) is 0 Å². The standard InChI is InChI=1S/C19H17N7O2/c1-28-19-8-7-16(23-24-19)14-11-21-25(12-14)13-18(27)22-17-9-10-20-26(17)15-5-3-2-4-6-15/h2-12H,13H2,1H3,(H,22,27). The number of carbonyl (C=O) groups excluding carboxylic acids is 1. The van der Waals surface area contributed by atoms with Crippen LogP contribution in [0, 0.1) is 0 Å². The molecular formula is C19H17N7O2. The SMILES string of the molecule is COc1ccc(-c2cnn(CC(=O)Nc3ccnn3-c3ccccc3)c2)nn1. The second-order valence-corrected chi connectivity index (χ2v) is 5.90. The van der Waals surface area contributed by atoms with Crippen molar-refractivity contribution in [1.82, 2.24) is 29.8 Å². The predicted molar refractivity (Wildman–Crippen MR) is 102 cm³/mol. The Morgan fingerprint density at radius 1 is 1.07 bits per heavy atom. The van der Waals surface area contributed by atoms with Crippen molar-refractivity contribution < 1.29 is 9.53 Å². The summed E-state index contributed by atoms with van der Waals surface area (Å²) >= 11 is 0. The molecule has 0 radical (unpaired) electrons. The molecule has 0 saturated carbocycles. The molecule has 0 fully saturated rings. The molecule has 4 aromatic rings. The van der Waals surface area contributed by atoms with E-state index < -0.39 is 0 Å². The van der Waals surface area contributed by atoms with E-state index in [1.807, 2.05) is 30.3 Å². The van der Waals surface area contributed by atoms with Gasteiger partial charge in [-0.15, -0.1) is 10.2 Å². The lowest BCUT2D eigenvalue weighted by molar-refractivity contribution is -0.116. The fourth-order valence-corrected chi connectivity index (χ4v) is 2.67. The molecule has 9 heteroatoms. The minimum Gasteiger partial charge on any atom is -0.480 e. The van der Waals surface area contributed by atoms with E-state index in [0.29, 0.717) is 17.4 Å². The number of hydrogen-bond acceptors (Lipinski definition) is 6. The molecule has 3 heterocycles. The molecule has 1 N–H and O–H groups in total. The molecule has 0 unspecified atom stereocenters. The van der Waals surface area contributed by atoms with Crippen LogP contribution in [0.5, 0.6) is 5.88 Å². The summed E-state index contributed by atoms with van der Waals surface area (Å²) in [4.78, 5) is 12.4. The molecule has 28 heavy (non-hydrogen) atoms. The van der Waals surface area contributed by atoms with Crippen LogP contribution in [0.3, 0.4) is 0 Å². The molecule has 0 aliphatic heterocycles. The summed E-state index contributed by atoms with van der Waals surface area (Å²) in [5, 5.41) is 19.3. The van der Waals surface area contributed by atoms with E-state index in [1.165, 1.54) is 7.11 Å². The Kier molecular flexibility index (Phi) is 4.79. The highest BCUT2D eigenvalue weighted by Gasteiger charge is 2.11. The average Bonchev–Trinajstić information content (AvgIpc) is 3.38. The molecule has 0 aliphatic carbocycles. The predicted octanol–water partition coefficient (Wildman–Crippen LogP) is 2.17. The molecule has 0 saturated heterocycles. The number of nitrogens with one attached hydrogen (secondary N) is 1. The molecule has 1 aromatic carbocycles. The zero-order chi connectivity index (χ0) is 19.3. The minimum absolute atomic E-state index is 0.0591. The Hall–Kier alpha value is -4.01. The Labute approximate surface area is 160 Å². The van der Waals surface area contributed by atoms with Crippen LogP contribution in [0.15, 0.2) is 67.1 Å². The van der Waals surface area contributed by atoms with E-state index >= 15 is 0 Å². The van der Waals surface area contributed by atoms with Crippen molar-refractivity contribution in [3.05, 3.63) is 67.1 Å². The first-order valence-electron chi connectivity index (χ1n) is 8.53. The van der Waals surface area contributed by atoms with Crippen molar-refractivity contribution in [1.29, 1.82) is 0 Å². The highest BCUT2D eigenvalue weighted by atomic mass is 16.5. The van der Waals surface area contributed by atoms with Crippen LogP contribution in [0.2, 0.25) is 0 Å². The maximum absolute atomic E-state index is 12.4. The smallest absolute Gasteiger partial charge is 0.247 e. The fourth-order valence-electron chi connectivity index (χ4n) is 2.67. The van der Waals surface area contributed by atoms with Crippen LogP contribution in [0.4, 0.5) is 5.82 Å². The van der Waals surface area contributed by atoms with Gasteiger partial charge in [-0.3, -0.25) is 9.48 Å². The van der Waals surface area contributed by atoms with E-state index in [9.17, 15) is 4.79 Å². The van der Waals surface area contributed by atoms with E-state index in [1.54, 1.807) is 46.2 Å². The summed E-state index contributed by atoms with van der Waals surface area (Å²) < 4.78 is 8.21.